The first-order chi connectivity index (χ1) is 9.87. The predicted molar refractivity (Wildman–Crippen MR) is 83.3 cm³/mol. The minimum Gasteiger partial charge on any atom is -0.311 e. The van der Waals surface area contributed by atoms with Gasteiger partial charge in [-0.25, -0.2) is 8.78 Å². The van der Waals surface area contributed by atoms with Gasteiger partial charge < -0.3 is 5.32 Å². The molecular weight excluding hydrogens is 268 g/mol. The van der Waals surface area contributed by atoms with Crippen molar-refractivity contribution in [3.8, 4) is 0 Å². The lowest BCUT2D eigenvalue weighted by Gasteiger charge is -2.24. The lowest BCUT2D eigenvalue weighted by molar-refractivity contribution is 0.307. The highest BCUT2D eigenvalue weighted by atomic mass is 19.1. The molecule has 0 amide bonds. The maximum absolute atomic E-state index is 13.7. The second-order valence-corrected chi connectivity index (χ2v) is 7.26. The van der Waals surface area contributed by atoms with Crippen LogP contribution in [0.2, 0.25) is 0 Å². The van der Waals surface area contributed by atoms with E-state index in [1.54, 1.807) is 0 Å². The van der Waals surface area contributed by atoms with Crippen LogP contribution in [0.25, 0.3) is 0 Å². The maximum Gasteiger partial charge on any atom is 0.129 e. The smallest absolute Gasteiger partial charge is 0.129 e. The first kappa shape index (κ1) is 16.4. The minimum absolute atomic E-state index is 0.0858. The van der Waals surface area contributed by atoms with Crippen LogP contribution in [0.15, 0.2) is 18.2 Å². The van der Waals surface area contributed by atoms with Crippen LogP contribution in [0.4, 0.5) is 8.78 Å². The monoisotopic (exact) mass is 295 g/mol. The molecule has 2 atom stereocenters. The Morgan fingerprint density at radius 2 is 1.86 bits per heavy atom. The standard InChI is InChI=1S/C18H27F2N/c1-13(12-15-16(19)7-4-8-17(15)20)21-14-6-5-10-18(2,3)11-9-14/h4,7-8,13-14,21H,5-6,9-12H2,1-3H3. The highest BCUT2D eigenvalue weighted by Crippen LogP contribution is 2.33. The van der Waals surface area contributed by atoms with Gasteiger partial charge in [0, 0.05) is 17.6 Å². The largest absolute Gasteiger partial charge is 0.311 e. The highest BCUT2D eigenvalue weighted by Gasteiger charge is 2.25. The minimum atomic E-state index is -0.439. The Hall–Kier alpha value is -0.960. The summed E-state index contributed by atoms with van der Waals surface area (Å²) in [7, 11) is 0. The second-order valence-electron chi connectivity index (χ2n) is 7.26. The Kier molecular flexibility index (Phi) is 5.37. The van der Waals surface area contributed by atoms with E-state index in [-0.39, 0.29) is 11.6 Å². The van der Waals surface area contributed by atoms with Crippen LogP contribution in [-0.4, -0.2) is 12.1 Å². The van der Waals surface area contributed by atoms with Crippen molar-refractivity contribution in [2.45, 2.75) is 71.4 Å². The molecule has 1 aliphatic carbocycles. The van der Waals surface area contributed by atoms with E-state index in [0.29, 0.717) is 17.9 Å². The molecule has 2 rings (SSSR count). The molecule has 1 aromatic carbocycles. The van der Waals surface area contributed by atoms with Gasteiger partial charge in [0.15, 0.2) is 0 Å². The SMILES string of the molecule is CC(Cc1c(F)cccc1F)NC1CCCC(C)(C)CC1. The van der Waals surface area contributed by atoms with Crippen LogP contribution < -0.4 is 5.32 Å². The summed E-state index contributed by atoms with van der Waals surface area (Å²) in [5.41, 5.74) is 0.628. The Bertz CT molecular complexity index is 450. The summed E-state index contributed by atoms with van der Waals surface area (Å²) in [6.45, 7) is 6.67. The normalized spacial score (nSPS) is 23.6. The fraction of sp³-hybridized carbons (Fsp3) is 0.667. The number of hydrogen-bond acceptors (Lipinski definition) is 1. The molecule has 0 aliphatic heterocycles. The molecule has 1 aliphatic rings. The molecule has 3 heteroatoms. The topological polar surface area (TPSA) is 12.0 Å². The van der Waals surface area contributed by atoms with E-state index in [0.717, 1.165) is 12.8 Å². The number of benzene rings is 1. The van der Waals surface area contributed by atoms with Crippen molar-refractivity contribution in [3.05, 3.63) is 35.4 Å². The summed E-state index contributed by atoms with van der Waals surface area (Å²) in [4.78, 5) is 0. The first-order valence-corrected chi connectivity index (χ1v) is 8.06. The van der Waals surface area contributed by atoms with Crippen molar-refractivity contribution < 1.29 is 8.78 Å². The molecule has 0 saturated heterocycles. The van der Waals surface area contributed by atoms with E-state index in [4.69, 9.17) is 0 Å². The van der Waals surface area contributed by atoms with Crippen LogP contribution >= 0.6 is 0 Å². The average Bonchev–Trinajstić information content (AvgIpc) is 2.56. The van der Waals surface area contributed by atoms with Gasteiger partial charge in [-0.15, -0.1) is 0 Å². The molecule has 1 nitrogen and oxygen atoms in total. The van der Waals surface area contributed by atoms with E-state index < -0.39 is 11.6 Å². The van der Waals surface area contributed by atoms with E-state index in [1.165, 1.54) is 37.5 Å². The zero-order valence-electron chi connectivity index (χ0n) is 13.4. The third kappa shape index (κ3) is 4.77. The molecule has 0 bridgehead atoms. The van der Waals surface area contributed by atoms with Crippen LogP contribution in [0.3, 0.4) is 0 Å². The van der Waals surface area contributed by atoms with Crippen molar-refractivity contribution in [3.63, 3.8) is 0 Å². The lowest BCUT2D eigenvalue weighted by Crippen LogP contribution is -2.38. The lowest BCUT2D eigenvalue weighted by atomic mass is 9.85. The van der Waals surface area contributed by atoms with E-state index in [1.807, 2.05) is 6.92 Å². The number of rotatable bonds is 4. The van der Waals surface area contributed by atoms with E-state index in [9.17, 15) is 8.78 Å². The van der Waals surface area contributed by atoms with Crippen molar-refractivity contribution in [1.82, 2.24) is 5.32 Å². The summed E-state index contributed by atoms with van der Waals surface area (Å²) < 4.78 is 27.4. The van der Waals surface area contributed by atoms with E-state index in [2.05, 4.69) is 19.2 Å². The Balaban J connectivity index is 1.91. The predicted octanol–water partition coefficient (Wildman–Crippen LogP) is 4.84. The highest BCUT2D eigenvalue weighted by molar-refractivity contribution is 5.20. The van der Waals surface area contributed by atoms with Gasteiger partial charge in [-0.2, -0.15) is 0 Å². The second kappa shape index (κ2) is 6.87. The molecule has 1 saturated carbocycles. The Morgan fingerprint density at radius 3 is 2.52 bits per heavy atom. The molecule has 0 heterocycles. The van der Waals surface area contributed by atoms with Gasteiger partial charge in [-0.05, 0) is 56.6 Å². The van der Waals surface area contributed by atoms with Crippen molar-refractivity contribution in [1.29, 1.82) is 0 Å². The van der Waals surface area contributed by atoms with Gasteiger partial charge in [-0.1, -0.05) is 26.3 Å². The molecule has 0 radical (unpaired) electrons. The van der Waals surface area contributed by atoms with Crippen LogP contribution in [0.1, 0.15) is 58.4 Å². The van der Waals surface area contributed by atoms with Gasteiger partial charge in [0.25, 0.3) is 0 Å². The van der Waals surface area contributed by atoms with Crippen molar-refractivity contribution >= 4 is 0 Å². The molecule has 1 aromatic rings. The van der Waals surface area contributed by atoms with Crippen LogP contribution in [-0.2, 0) is 6.42 Å². The fourth-order valence-electron chi connectivity index (χ4n) is 3.32. The third-order valence-corrected chi connectivity index (χ3v) is 4.67. The molecular formula is C18H27F2N. The summed E-state index contributed by atoms with van der Waals surface area (Å²) in [5.74, 6) is -0.878. The Labute approximate surface area is 127 Å². The maximum atomic E-state index is 13.7. The van der Waals surface area contributed by atoms with Gasteiger partial charge in [0.2, 0.25) is 0 Å². The fourth-order valence-corrected chi connectivity index (χ4v) is 3.32. The van der Waals surface area contributed by atoms with Crippen molar-refractivity contribution in [2.75, 3.05) is 0 Å². The van der Waals surface area contributed by atoms with Gasteiger partial charge in [-0.3, -0.25) is 0 Å². The summed E-state index contributed by atoms with van der Waals surface area (Å²) in [6.07, 6.45) is 6.42. The molecule has 118 valence electrons. The van der Waals surface area contributed by atoms with Gasteiger partial charge >= 0.3 is 0 Å². The molecule has 0 aromatic heterocycles. The summed E-state index contributed by atoms with van der Waals surface area (Å²) in [6, 6.07) is 4.64. The van der Waals surface area contributed by atoms with Crippen molar-refractivity contribution in [2.24, 2.45) is 5.41 Å². The molecule has 1 N–H and O–H groups in total. The van der Waals surface area contributed by atoms with Crippen LogP contribution in [0, 0.1) is 17.0 Å². The zero-order valence-corrected chi connectivity index (χ0v) is 13.4. The quantitative estimate of drug-likeness (QED) is 0.783. The molecule has 21 heavy (non-hydrogen) atoms. The Morgan fingerprint density at radius 1 is 1.19 bits per heavy atom. The average molecular weight is 295 g/mol. The van der Waals surface area contributed by atoms with Gasteiger partial charge in [0.1, 0.15) is 11.6 Å². The molecule has 1 fully saturated rings. The van der Waals surface area contributed by atoms with Gasteiger partial charge in [0.05, 0.1) is 0 Å². The number of hydrogen-bond donors (Lipinski definition) is 1. The third-order valence-electron chi connectivity index (χ3n) is 4.67. The van der Waals surface area contributed by atoms with Crippen LogP contribution in [0.5, 0.6) is 0 Å². The van der Waals surface area contributed by atoms with E-state index >= 15 is 0 Å². The number of nitrogens with one attached hydrogen (secondary N) is 1. The molecule has 2 unspecified atom stereocenters. The summed E-state index contributed by atoms with van der Waals surface area (Å²) in [5, 5.41) is 3.57. The molecule has 0 spiro atoms. The zero-order chi connectivity index (χ0) is 15.5. The first-order valence-electron chi connectivity index (χ1n) is 8.06. The summed E-state index contributed by atoms with van der Waals surface area (Å²) >= 11 is 0. The number of halogens is 2.